The molecule has 1 aromatic rings. The van der Waals surface area contributed by atoms with E-state index in [9.17, 15) is 0 Å². The molecule has 0 radical (unpaired) electrons. The second-order valence-electron chi connectivity index (χ2n) is 4.25. The maximum Gasteiger partial charge on any atom is 0.170 e. The Bertz CT molecular complexity index is 445. The van der Waals surface area contributed by atoms with E-state index in [1.54, 1.807) is 7.11 Å². The number of aliphatic imine (C=N–C) groups is 1. The number of methoxy groups -OCH3 is 1. The lowest BCUT2D eigenvalue weighted by Crippen LogP contribution is -2.31. The van der Waals surface area contributed by atoms with Crippen molar-refractivity contribution < 1.29 is 9.47 Å². The fourth-order valence-corrected chi connectivity index (χ4v) is 2.48. The summed E-state index contributed by atoms with van der Waals surface area (Å²) >= 11 is 0. The highest BCUT2D eigenvalue weighted by molar-refractivity contribution is 6.06. The van der Waals surface area contributed by atoms with E-state index in [1.807, 2.05) is 12.1 Å². The second kappa shape index (κ2) is 4.96. The van der Waals surface area contributed by atoms with Crippen molar-refractivity contribution in [3.8, 4) is 11.5 Å². The molecule has 3 rings (SSSR count). The van der Waals surface area contributed by atoms with Crippen molar-refractivity contribution in [3.63, 3.8) is 0 Å². The molecule has 0 saturated heterocycles. The fourth-order valence-electron chi connectivity index (χ4n) is 2.48. The van der Waals surface area contributed by atoms with Crippen LogP contribution in [0.15, 0.2) is 23.2 Å². The van der Waals surface area contributed by atoms with Crippen LogP contribution in [0.5, 0.6) is 11.5 Å². The Hall–Kier alpha value is -1.22. The Labute approximate surface area is 107 Å². The van der Waals surface area contributed by atoms with Crippen LogP contribution in [0.2, 0.25) is 0 Å². The SMILES string of the molecule is COc1cccc2c1OCC1CCCN=C21.Cl. The highest BCUT2D eigenvalue weighted by atomic mass is 35.5. The van der Waals surface area contributed by atoms with Crippen LogP contribution >= 0.6 is 12.4 Å². The Balaban J connectivity index is 0.00000108. The van der Waals surface area contributed by atoms with Gasteiger partial charge in [-0.25, -0.2) is 0 Å². The third kappa shape index (κ3) is 2.00. The summed E-state index contributed by atoms with van der Waals surface area (Å²) in [7, 11) is 1.67. The van der Waals surface area contributed by atoms with Gasteiger partial charge in [0.2, 0.25) is 0 Å². The molecule has 0 fully saturated rings. The van der Waals surface area contributed by atoms with Gasteiger partial charge in [-0.05, 0) is 25.0 Å². The van der Waals surface area contributed by atoms with Crippen molar-refractivity contribution in [2.45, 2.75) is 12.8 Å². The average Bonchev–Trinajstić information content (AvgIpc) is 2.37. The molecule has 0 aromatic heterocycles. The van der Waals surface area contributed by atoms with E-state index in [4.69, 9.17) is 9.47 Å². The first-order valence-corrected chi connectivity index (χ1v) is 5.74. The molecule has 0 saturated carbocycles. The molecular weight excluding hydrogens is 238 g/mol. The Kier molecular flexibility index (Phi) is 3.57. The van der Waals surface area contributed by atoms with Gasteiger partial charge in [-0.3, -0.25) is 4.99 Å². The van der Waals surface area contributed by atoms with Crippen LogP contribution in [-0.4, -0.2) is 26.0 Å². The van der Waals surface area contributed by atoms with Gasteiger partial charge >= 0.3 is 0 Å². The normalized spacial score (nSPS) is 21.2. The molecule has 1 atom stereocenters. The second-order valence-corrected chi connectivity index (χ2v) is 4.25. The fraction of sp³-hybridized carbons (Fsp3) is 0.462. The first kappa shape index (κ1) is 12.2. The maximum atomic E-state index is 5.81. The summed E-state index contributed by atoms with van der Waals surface area (Å²) in [5.41, 5.74) is 2.33. The third-order valence-electron chi connectivity index (χ3n) is 3.28. The Morgan fingerprint density at radius 1 is 1.41 bits per heavy atom. The van der Waals surface area contributed by atoms with E-state index in [0.717, 1.165) is 30.2 Å². The quantitative estimate of drug-likeness (QED) is 0.771. The lowest BCUT2D eigenvalue weighted by Gasteiger charge is -2.30. The number of rotatable bonds is 1. The van der Waals surface area contributed by atoms with Crippen LogP contribution in [-0.2, 0) is 0 Å². The van der Waals surface area contributed by atoms with Gasteiger partial charge in [-0.1, -0.05) is 6.07 Å². The minimum absolute atomic E-state index is 0. The summed E-state index contributed by atoms with van der Waals surface area (Å²) < 4.78 is 11.1. The summed E-state index contributed by atoms with van der Waals surface area (Å²) in [5.74, 6) is 2.15. The van der Waals surface area contributed by atoms with Crippen LogP contribution in [0.1, 0.15) is 18.4 Å². The van der Waals surface area contributed by atoms with E-state index >= 15 is 0 Å². The predicted octanol–water partition coefficient (Wildman–Crippen LogP) is 2.71. The summed E-state index contributed by atoms with van der Waals surface area (Å²) in [5, 5.41) is 0. The zero-order valence-electron chi connectivity index (χ0n) is 9.81. The molecular formula is C13H16ClNO2. The van der Waals surface area contributed by atoms with Gasteiger partial charge in [-0.15, -0.1) is 12.4 Å². The molecule has 0 bridgehead atoms. The molecule has 17 heavy (non-hydrogen) atoms. The average molecular weight is 254 g/mol. The van der Waals surface area contributed by atoms with E-state index in [1.165, 1.54) is 18.6 Å². The molecule has 2 heterocycles. The summed E-state index contributed by atoms with van der Waals surface area (Å²) in [6.45, 7) is 1.69. The van der Waals surface area contributed by atoms with Gasteiger partial charge in [0.1, 0.15) is 0 Å². The first-order valence-electron chi connectivity index (χ1n) is 5.74. The van der Waals surface area contributed by atoms with Gasteiger partial charge in [0.25, 0.3) is 0 Å². The van der Waals surface area contributed by atoms with Crippen molar-refractivity contribution in [3.05, 3.63) is 23.8 Å². The molecule has 0 aliphatic carbocycles. The van der Waals surface area contributed by atoms with Crippen LogP contribution < -0.4 is 9.47 Å². The van der Waals surface area contributed by atoms with E-state index in [0.29, 0.717) is 5.92 Å². The largest absolute Gasteiger partial charge is 0.493 e. The van der Waals surface area contributed by atoms with E-state index < -0.39 is 0 Å². The zero-order valence-corrected chi connectivity index (χ0v) is 10.6. The molecule has 0 N–H and O–H groups in total. The van der Waals surface area contributed by atoms with Crippen molar-refractivity contribution in [1.82, 2.24) is 0 Å². The minimum Gasteiger partial charge on any atom is -0.493 e. The standard InChI is InChI=1S/C13H15NO2.ClH/c1-15-11-6-2-5-10-12-9(4-3-7-14-12)8-16-13(10)11;/h2,5-6,9H,3-4,7-8H2,1H3;1H. The number of benzene rings is 1. The maximum absolute atomic E-state index is 5.81. The zero-order chi connectivity index (χ0) is 11.0. The lowest BCUT2D eigenvalue weighted by atomic mass is 9.88. The van der Waals surface area contributed by atoms with Crippen molar-refractivity contribution in [2.24, 2.45) is 10.9 Å². The Morgan fingerprint density at radius 2 is 2.29 bits per heavy atom. The summed E-state index contributed by atoms with van der Waals surface area (Å²) in [6, 6.07) is 6.01. The number of ether oxygens (including phenoxy) is 2. The smallest absolute Gasteiger partial charge is 0.170 e. The van der Waals surface area contributed by atoms with E-state index in [-0.39, 0.29) is 12.4 Å². The molecule has 2 aliphatic heterocycles. The highest BCUT2D eigenvalue weighted by Crippen LogP contribution is 2.38. The number of para-hydroxylation sites is 1. The minimum atomic E-state index is 0. The van der Waals surface area contributed by atoms with Crippen molar-refractivity contribution in [1.29, 1.82) is 0 Å². The third-order valence-corrected chi connectivity index (χ3v) is 3.28. The van der Waals surface area contributed by atoms with Crippen LogP contribution in [0, 0.1) is 5.92 Å². The topological polar surface area (TPSA) is 30.8 Å². The highest BCUT2D eigenvalue weighted by Gasteiger charge is 2.30. The monoisotopic (exact) mass is 253 g/mol. The molecule has 92 valence electrons. The predicted molar refractivity (Wildman–Crippen MR) is 69.9 cm³/mol. The lowest BCUT2D eigenvalue weighted by molar-refractivity contribution is 0.248. The molecule has 0 spiro atoms. The van der Waals surface area contributed by atoms with Gasteiger partial charge in [0.05, 0.1) is 19.4 Å². The van der Waals surface area contributed by atoms with Gasteiger partial charge in [0.15, 0.2) is 11.5 Å². The van der Waals surface area contributed by atoms with Gasteiger partial charge in [-0.2, -0.15) is 0 Å². The number of hydrogen-bond acceptors (Lipinski definition) is 3. The molecule has 1 aromatic carbocycles. The summed E-state index contributed by atoms with van der Waals surface area (Å²) in [6.07, 6.45) is 2.37. The van der Waals surface area contributed by atoms with Crippen LogP contribution in [0.25, 0.3) is 0 Å². The molecule has 2 aliphatic rings. The Morgan fingerprint density at radius 3 is 3.12 bits per heavy atom. The summed E-state index contributed by atoms with van der Waals surface area (Å²) in [4.78, 5) is 4.65. The van der Waals surface area contributed by atoms with Crippen molar-refractivity contribution >= 4 is 18.1 Å². The van der Waals surface area contributed by atoms with E-state index in [2.05, 4.69) is 11.1 Å². The number of nitrogens with zero attached hydrogens (tertiary/aromatic N) is 1. The number of fused-ring (bicyclic) bond motifs is 3. The molecule has 0 amide bonds. The number of hydrogen-bond donors (Lipinski definition) is 0. The van der Waals surface area contributed by atoms with Crippen LogP contribution in [0.3, 0.4) is 0 Å². The first-order chi connectivity index (χ1) is 7.90. The van der Waals surface area contributed by atoms with Crippen molar-refractivity contribution in [2.75, 3.05) is 20.3 Å². The molecule has 4 heteroatoms. The van der Waals surface area contributed by atoms with Gasteiger partial charge < -0.3 is 9.47 Å². The number of halogens is 1. The molecule has 3 nitrogen and oxygen atoms in total. The van der Waals surface area contributed by atoms with Gasteiger partial charge in [0, 0.05) is 18.0 Å². The molecule has 1 unspecified atom stereocenters. The van der Waals surface area contributed by atoms with Crippen LogP contribution in [0.4, 0.5) is 0 Å².